The van der Waals surface area contributed by atoms with Gasteiger partial charge in [-0.1, -0.05) is 70.0 Å². The number of amides is 2. The van der Waals surface area contributed by atoms with E-state index in [9.17, 15) is 19.5 Å². The third-order valence-corrected chi connectivity index (χ3v) is 7.72. The van der Waals surface area contributed by atoms with Crippen LogP contribution < -0.4 is 5.56 Å². The fourth-order valence-corrected chi connectivity index (χ4v) is 5.49. The molecular formula is C33H35N5O4. The Morgan fingerprint density at radius 3 is 2.19 bits per heavy atom. The molecule has 0 saturated carbocycles. The summed E-state index contributed by atoms with van der Waals surface area (Å²) in [5, 5.41) is 19.8. The minimum atomic E-state index is -0.570. The molecule has 0 bridgehead atoms. The van der Waals surface area contributed by atoms with Crippen molar-refractivity contribution in [3.8, 4) is 17.3 Å². The maximum absolute atomic E-state index is 13.8. The maximum atomic E-state index is 13.8. The van der Waals surface area contributed by atoms with Gasteiger partial charge in [-0.3, -0.25) is 19.3 Å². The van der Waals surface area contributed by atoms with Crippen molar-refractivity contribution in [1.82, 2.24) is 14.3 Å². The zero-order chi connectivity index (χ0) is 29.8. The largest absolute Gasteiger partial charge is 0.492 e. The van der Waals surface area contributed by atoms with Gasteiger partial charge in [0.05, 0.1) is 28.2 Å². The van der Waals surface area contributed by atoms with E-state index in [4.69, 9.17) is 0 Å². The van der Waals surface area contributed by atoms with E-state index in [2.05, 4.69) is 17.2 Å². The fourth-order valence-electron chi connectivity index (χ4n) is 5.49. The molecule has 42 heavy (non-hydrogen) atoms. The highest BCUT2D eigenvalue weighted by Crippen LogP contribution is 2.36. The van der Waals surface area contributed by atoms with E-state index in [0.717, 1.165) is 31.2 Å². The molecule has 0 unspecified atom stereocenters. The van der Waals surface area contributed by atoms with Crippen LogP contribution in [0.3, 0.4) is 0 Å². The van der Waals surface area contributed by atoms with Crippen molar-refractivity contribution in [3.05, 3.63) is 99.8 Å². The van der Waals surface area contributed by atoms with Crippen LogP contribution in [-0.4, -0.2) is 37.2 Å². The topological polar surface area (TPSA) is 109 Å². The minimum Gasteiger partial charge on any atom is -0.492 e. The number of fused-ring (bicyclic) bond motifs is 1. The predicted octanol–water partition coefficient (Wildman–Crippen LogP) is 7.27. The average Bonchev–Trinajstić information content (AvgIpc) is 3.42. The number of hydrogen-bond donors (Lipinski definition) is 1. The van der Waals surface area contributed by atoms with Gasteiger partial charge in [0.15, 0.2) is 0 Å². The van der Waals surface area contributed by atoms with Crippen molar-refractivity contribution in [2.45, 2.75) is 65.3 Å². The number of carbonyl (C=O) groups is 2. The molecule has 0 aliphatic carbocycles. The maximum Gasteiger partial charge on any atom is 0.303 e. The molecule has 5 rings (SSSR count). The van der Waals surface area contributed by atoms with Crippen LogP contribution in [0.2, 0.25) is 0 Å². The molecule has 0 atom stereocenters. The van der Waals surface area contributed by atoms with Crippen LogP contribution in [0.15, 0.2) is 87.8 Å². The first-order valence-corrected chi connectivity index (χ1v) is 14.6. The lowest BCUT2D eigenvalue weighted by Crippen LogP contribution is -2.39. The third kappa shape index (κ3) is 5.18. The molecular weight excluding hydrogens is 530 g/mol. The highest BCUT2D eigenvalue weighted by Gasteiger charge is 2.40. The van der Waals surface area contributed by atoms with Gasteiger partial charge in [-0.05, 0) is 67.6 Å². The van der Waals surface area contributed by atoms with E-state index in [-0.39, 0.29) is 40.3 Å². The zero-order valence-electron chi connectivity index (χ0n) is 24.2. The molecule has 0 radical (unpaired) electrons. The smallest absolute Gasteiger partial charge is 0.303 e. The van der Waals surface area contributed by atoms with E-state index in [0.29, 0.717) is 24.2 Å². The van der Waals surface area contributed by atoms with E-state index >= 15 is 0 Å². The van der Waals surface area contributed by atoms with Crippen molar-refractivity contribution < 1.29 is 14.7 Å². The van der Waals surface area contributed by atoms with Crippen LogP contribution in [0, 0.1) is 0 Å². The van der Waals surface area contributed by atoms with Gasteiger partial charge in [0.25, 0.3) is 11.8 Å². The minimum absolute atomic E-state index is 0.153. The quantitative estimate of drug-likeness (QED) is 0.117. The Balaban J connectivity index is 1.60. The molecule has 3 aromatic carbocycles. The van der Waals surface area contributed by atoms with E-state index in [1.54, 1.807) is 30.3 Å². The Bertz CT molecular complexity index is 1700. The number of rotatable bonds is 11. The van der Waals surface area contributed by atoms with Gasteiger partial charge >= 0.3 is 5.56 Å². The van der Waals surface area contributed by atoms with Crippen LogP contribution in [0.25, 0.3) is 11.4 Å². The first-order chi connectivity index (χ1) is 20.4. The number of carbonyl (C=O) groups excluding carboxylic acids is 2. The second-order valence-electron chi connectivity index (χ2n) is 10.4. The Morgan fingerprint density at radius 2 is 1.48 bits per heavy atom. The molecule has 1 aliphatic rings. The highest BCUT2D eigenvalue weighted by atomic mass is 16.3. The number of nitrogens with zero attached hydrogens (tertiary/aromatic N) is 5. The lowest BCUT2D eigenvalue weighted by Gasteiger charge is -2.23. The molecule has 1 N–H and O–H groups in total. The van der Waals surface area contributed by atoms with Gasteiger partial charge < -0.3 is 5.11 Å². The third-order valence-electron chi connectivity index (χ3n) is 7.72. The molecule has 2 heterocycles. The first-order valence-electron chi connectivity index (χ1n) is 14.6. The summed E-state index contributed by atoms with van der Waals surface area (Å²) in [6, 6.07) is 21.3. The van der Waals surface area contributed by atoms with Crippen LogP contribution >= 0.6 is 0 Å². The summed E-state index contributed by atoms with van der Waals surface area (Å²) in [5.41, 5.74) is 1.95. The second-order valence-corrected chi connectivity index (χ2v) is 10.4. The number of aromatic nitrogens is 2. The molecule has 9 heteroatoms. The van der Waals surface area contributed by atoms with Crippen LogP contribution in [0.5, 0.6) is 5.88 Å². The van der Waals surface area contributed by atoms with E-state index in [1.165, 1.54) is 14.3 Å². The highest BCUT2D eigenvalue weighted by molar-refractivity contribution is 6.23. The zero-order valence-corrected chi connectivity index (χ0v) is 24.2. The van der Waals surface area contributed by atoms with Gasteiger partial charge in [0.2, 0.25) is 11.6 Å². The monoisotopic (exact) mass is 565 g/mol. The van der Waals surface area contributed by atoms with Gasteiger partial charge in [0.1, 0.15) is 0 Å². The SMILES string of the molecule is CCCCCc1cccc(-n2c(=O)c(N=Nc3cccc4c3C(=O)N(C(CC)CC)C4=O)c(O)n2-c2ccccc2)c1. The summed E-state index contributed by atoms with van der Waals surface area (Å²) < 4.78 is 2.78. The number of unbranched alkanes of at least 4 members (excludes halogenated alkanes) is 2. The molecule has 1 aliphatic heterocycles. The number of azo groups is 1. The van der Waals surface area contributed by atoms with Gasteiger partial charge in [0, 0.05) is 6.04 Å². The molecule has 0 saturated heterocycles. The Morgan fingerprint density at radius 1 is 0.762 bits per heavy atom. The van der Waals surface area contributed by atoms with Crippen LogP contribution in [0.1, 0.15) is 79.2 Å². The molecule has 0 spiro atoms. The normalized spacial score (nSPS) is 13.1. The van der Waals surface area contributed by atoms with Crippen molar-refractivity contribution in [3.63, 3.8) is 0 Å². The summed E-state index contributed by atoms with van der Waals surface area (Å²) in [4.78, 5) is 41.6. The Labute approximate surface area is 244 Å². The van der Waals surface area contributed by atoms with Crippen molar-refractivity contribution in [2.75, 3.05) is 0 Å². The average molecular weight is 566 g/mol. The predicted molar refractivity (Wildman–Crippen MR) is 162 cm³/mol. The van der Waals surface area contributed by atoms with E-state index < -0.39 is 11.5 Å². The summed E-state index contributed by atoms with van der Waals surface area (Å²) in [6.07, 6.45) is 5.41. The van der Waals surface area contributed by atoms with Crippen molar-refractivity contribution >= 4 is 23.2 Å². The van der Waals surface area contributed by atoms with Gasteiger partial charge in [-0.2, -0.15) is 0 Å². The number of aromatic hydroxyl groups is 1. The fraction of sp³-hybridized carbons (Fsp3) is 0.303. The number of hydrogen-bond acceptors (Lipinski definition) is 6. The molecule has 4 aromatic rings. The molecule has 9 nitrogen and oxygen atoms in total. The second kappa shape index (κ2) is 12.4. The molecule has 2 amide bonds. The van der Waals surface area contributed by atoms with Crippen molar-refractivity contribution in [1.29, 1.82) is 0 Å². The molecule has 1 aromatic heterocycles. The van der Waals surface area contributed by atoms with Gasteiger partial charge in [-0.15, -0.1) is 10.2 Å². The lowest BCUT2D eigenvalue weighted by atomic mass is 10.1. The number of imide groups is 1. The summed E-state index contributed by atoms with van der Waals surface area (Å²) in [5.74, 6) is -1.18. The van der Waals surface area contributed by atoms with Gasteiger partial charge in [-0.25, -0.2) is 9.36 Å². The standard InChI is InChI=1S/C33H35N5O4/c1-4-7-9-14-22-15-12-18-25(21-22)38-33(42)29(32(41)37(38)24-16-10-8-11-17-24)35-34-27-20-13-19-26-28(27)31(40)36(30(26)39)23(5-2)6-3/h8,10-13,15-21,23,41H,4-7,9,14H2,1-3H3. The van der Waals surface area contributed by atoms with Crippen LogP contribution in [-0.2, 0) is 6.42 Å². The summed E-state index contributed by atoms with van der Waals surface area (Å²) in [6.45, 7) is 6.02. The first kappa shape index (κ1) is 28.7. The van der Waals surface area contributed by atoms with Crippen molar-refractivity contribution in [2.24, 2.45) is 10.2 Å². The molecule has 0 fully saturated rings. The summed E-state index contributed by atoms with van der Waals surface area (Å²) >= 11 is 0. The number of aryl methyl sites for hydroxylation is 1. The molecule has 216 valence electrons. The van der Waals surface area contributed by atoms with E-state index in [1.807, 2.05) is 56.3 Å². The number of benzene rings is 3. The Kier molecular flexibility index (Phi) is 8.47. The lowest BCUT2D eigenvalue weighted by molar-refractivity contribution is 0.0576. The Hall–Kier alpha value is -4.79. The van der Waals surface area contributed by atoms with Crippen LogP contribution in [0.4, 0.5) is 11.4 Å². The summed E-state index contributed by atoms with van der Waals surface area (Å²) in [7, 11) is 0. The number of para-hydroxylation sites is 1.